The molecule has 1 aromatic carbocycles. The van der Waals surface area contributed by atoms with Crippen molar-refractivity contribution in [3.63, 3.8) is 0 Å². The van der Waals surface area contributed by atoms with Gasteiger partial charge in [0.25, 0.3) is 6.01 Å². The summed E-state index contributed by atoms with van der Waals surface area (Å²) in [6.45, 7) is 2.26. The van der Waals surface area contributed by atoms with E-state index in [4.69, 9.17) is 4.74 Å². The van der Waals surface area contributed by atoms with Crippen LogP contribution < -0.4 is 10.1 Å². The number of imidazole rings is 1. The lowest BCUT2D eigenvalue weighted by Gasteiger charge is -2.10. The van der Waals surface area contributed by atoms with Gasteiger partial charge in [0.15, 0.2) is 17.0 Å². The van der Waals surface area contributed by atoms with Gasteiger partial charge in [-0.1, -0.05) is 6.07 Å². The zero-order valence-corrected chi connectivity index (χ0v) is 12.9. The van der Waals surface area contributed by atoms with Crippen molar-refractivity contribution in [3.8, 4) is 6.01 Å². The SMILES string of the molecule is CCOc1nc2c(Nc3cccc(C(F)(F)F)c3)ncnc2n1C. The van der Waals surface area contributed by atoms with E-state index in [1.807, 2.05) is 6.92 Å². The summed E-state index contributed by atoms with van der Waals surface area (Å²) in [7, 11) is 1.74. The van der Waals surface area contributed by atoms with Gasteiger partial charge in [-0.25, -0.2) is 9.97 Å². The van der Waals surface area contributed by atoms with E-state index in [-0.39, 0.29) is 5.69 Å². The van der Waals surface area contributed by atoms with Gasteiger partial charge in [0.2, 0.25) is 0 Å². The number of nitrogens with one attached hydrogen (secondary N) is 1. The number of nitrogens with zero attached hydrogens (tertiary/aromatic N) is 4. The molecule has 0 unspecified atom stereocenters. The first-order valence-corrected chi connectivity index (χ1v) is 7.14. The van der Waals surface area contributed by atoms with Crippen LogP contribution in [0.4, 0.5) is 24.7 Å². The number of anilines is 2. The third-order valence-corrected chi connectivity index (χ3v) is 3.34. The third-order valence-electron chi connectivity index (χ3n) is 3.34. The first kappa shape index (κ1) is 16.0. The number of hydrogen-bond acceptors (Lipinski definition) is 5. The highest BCUT2D eigenvalue weighted by molar-refractivity contribution is 5.86. The van der Waals surface area contributed by atoms with E-state index in [0.29, 0.717) is 29.6 Å². The van der Waals surface area contributed by atoms with Crippen LogP contribution in [0.2, 0.25) is 0 Å². The van der Waals surface area contributed by atoms with E-state index >= 15 is 0 Å². The molecule has 0 aliphatic carbocycles. The molecule has 0 fully saturated rings. The fraction of sp³-hybridized carbons (Fsp3) is 0.267. The van der Waals surface area contributed by atoms with Gasteiger partial charge < -0.3 is 10.1 Å². The molecule has 0 amide bonds. The van der Waals surface area contributed by atoms with Gasteiger partial charge in [0.1, 0.15) is 6.33 Å². The maximum Gasteiger partial charge on any atom is 0.416 e. The lowest BCUT2D eigenvalue weighted by atomic mass is 10.2. The lowest BCUT2D eigenvalue weighted by molar-refractivity contribution is -0.137. The Morgan fingerprint density at radius 1 is 1.25 bits per heavy atom. The van der Waals surface area contributed by atoms with Gasteiger partial charge in [-0.05, 0) is 25.1 Å². The van der Waals surface area contributed by atoms with Crippen LogP contribution in [0.3, 0.4) is 0 Å². The van der Waals surface area contributed by atoms with E-state index in [0.717, 1.165) is 12.1 Å². The van der Waals surface area contributed by atoms with Crippen molar-refractivity contribution in [2.45, 2.75) is 13.1 Å². The predicted molar refractivity (Wildman–Crippen MR) is 82.2 cm³/mol. The molecule has 0 aliphatic rings. The van der Waals surface area contributed by atoms with E-state index in [9.17, 15) is 13.2 Å². The Labute approximate surface area is 135 Å². The van der Waals surface area contributed by atoms with Crippen LogP contribution in [-0.4, -0.2) is 26.1 Å². The van der Waals surface area contributed by atoms with E-state index in [2.05, 4.69) is 20.3 Å². The molecule has 0 atom stereocenters. The molecule has 0 spiro atoms. The number of aryl methyl sites for hydroxylation is 1. The molecule has 3 rings (SSSR count). The number of rotatable bonds is 4. The number of ether oxygens (including phenoxy) is 1. The molecule has 9 heteroatoms. The molecule has 2 heterocycles. The van der Waals surface area contributed by atoms with Crippen LogP contribution in [0, 0.1) is 0 Å². The number of alkyl halides is 3. The Morgan fingerprint density at radius 2 is 2.04 bits per heavy atom. The summed E-state index contributed by atoms with van der Waals surface area (Å²) >= 11 is 0. The highest BCUT2D eigenvalue weighted by Crippen LogP contribution is 2.32. The molecule has 126 valence electrons. The van der Waals surface area contributed by atoms with Gasteiger partial charge in [0, 0.05) is 12.7 Å². The number of fused-ring (bicyclic) bond motifs is 1. The maximum atomic E-state index is 12.8. The average Bonchev–Trinajstić information content (AvgIpc) is 2.85. The number of halogens is 3. The number of hydrogen-bond donors (Lipinski definition) is 1. The molecule has 0 bridgehead atoms. The van der Waals surface area contributed by atoms with Crippen molar-refractivity contribution in [2.75, 3.05) is 11.9 Å². The summed E-state index contributed by atoms with van der Waals surface area (Å²) in [6, 6.07) is 5.23. The largest absolute Gasteiger partial charge is 0.465 e. The minimum atomic E-state index is -4.41. The Bertz CT molecular complexity index is 875. The zero-order chi connectivity index (χ0) is 17.3. The van der Waals surface area contributed by atoms with Crippen LogP contribution >= 0.6 is 0 Å². The number of aromatic nitrogens is 4. The molecular weight excluding hydrogens is 323 g/mol. The van der Waals surface area contributed by atoms with Gasteiger partial charge >= 0.3 is 6.18 Å². The van der Waals surface area contributed by atoms with Gasteiger partial charge in [-0.2, -0.15) is 18.2 Å². The first-order valence-electron chi connectivity index (χ1n) is 7.14. The Kier molecular flexibility index (Phi) is 4.00. The van der Waals surface area contributed by atoms with Crippen molar-refractivity contribution in [3.05, 3.63) is 36.2 Å². The zero-order valence-electron chi connectivity index (χ0n) is 12.9. The van der Waals surface area contributed by atoms with Gasteiger partial charge in [-0.3, -0.25) is 4.57 Å². The summed E-state index contributed by atoms with van der Waals surface area (Å²) in [4.78, 5) is 12.5. The molecule has 0 aliphatic heterocycles. The minimum Gasteiger partial charge on any atom is -0.465 e. The molecule has 0 saturated heterocycles. The van der Waals surface area contributed by atoms with Crippen LogP contribution in [0.15, 0.2) is 30.6 Å². The minimum absolute atomic E-state index is 0.258. The monoisotopic (exact) mass is 337 g/mol. The molecular formula is C15H14F3N5O. The highest BCUT2D eigenvalue weighted by atomic mass is 19.4. The molecule has 6 nitrogen and oxygen atoms in total. The van der Waals surface area contributed by atoms with Crippen molar-refractivity contribution in [1.82, 2.24) is 19.5 Å². The molecule has 2 aromatic heterocycles. The maximum absolute atomic E-state index is 12.8. The number of benzene rings is 1. The topological polar surface area (TPSA) is 64.9 Å². The van der Waals surface area contributed by atoms with Crippen molar-refractivity contribution in [2.24, 2.45) is 7.05 Å². The summed E-state index contributed by atoms with van der Waals surface area (Å²) in [5.74, 6) is 0.306. The second-order valence-corrected chi connectivity index (χ2v) is 4.98. The highest BCUT2D eigenvalue weighted by Gasteiger charge is 2.30. The third kappa shape index (κ3) is 2.97. The van der Waals surface area contributed by atoms with Crippen LogP contribution in [-0.2, 0) is 13.2 Å². The summed E-state index contributed by atoms with van der Waals surface area (Å²) in [5.41, 5.74) is 0.450. The average molecular weight is 337 g/mol. The van der Waals surface area contributed by atoms with E-state index in [1.54, 1.807) is 11.6 Å². The van der Waals surface area contributed by atoms with Crippen LogP contribution in [0.1, 0.15) is 12.5 Å². The predicted octanol–water partition coefficient (Wildman–Crippen LogP) is 3.52. The molecule has 1 N–H and O–H groups in total. The normalized spacial score (nSPS) is 11.7. The smallest absolute Gasteiger partial charge is 0.416 e. The quantitative estimate of drug-likeness (QED) is 0.789. The van der Waals surface area contributed by atoms with E-state index < -0.39 is 11.7 Å². The summed E-state index contributed by atoms with van der Waals surface area (Å²) < 4.78 is 45.5. The second-order valence-electron chi connectivity index (χ2n) is 4.98. The molecule has 24 heavy (non-hydrogen) atoms. The molecule has 0 saturated carbocycles. The van der Waals surface area contributed by atoms with Gasteiger partial charge in [-0.15, -0.1) is 0 Å². The Balaban J connectivity index is 2.00. The summed E-state index contributed by atoms with van der Waals surface area (Å²) in [5, 5.41) is 2.86. The molecule has 3 aromatic rings. The van der Waals surface area contributed by atoms with Crippen molar-refractivity contribution >= 4 is 22.7 Å². The first-order chi connectivity index (χ1) is 11.4. The van der Waals surface area contributed by atoms with Crippen LogP contribution in [0.25, 0.3) is 11.2 Å². The van der Waals surface area contributed by atoms with E-state index in [1.165, 1.54) is 18.5 Å². The fourth-order valence-corrected chi connectivity index (χ4v) is 2.24. The van der Waals surface area contributed by atoms with Crippen molar-refractivity contribution in [1.29, 1.82) is 0 Å². The van der Waals surface area contributed by atoms with Gasteiger partial charge in [0.05, 0.1) is 12.2 Å². The standard InChI is InChI=1S/C15H14F3N5O/c1-3-24-14-22-11-12(19-8-20-13(11)23(14)2)21-10-6-4-5-9(7-10)15(16,17)18/h4-8H,3H2,1-2H3,(H,19,20,21). The van der Waals surface area contributed by atoms with Crippen molar-refractivity contribution < 1.29 is 17.9 Å². The second kappa shape index (κ2) is 5.99. The Hall–Kier alpha value is -2.84. The summed E-state index contributed by atoms with van der Waals surface area (Å²) in [6.07, 6.45) is -3.10. The lowest BCUT2D eigenvalue weighted by Crippen LogP contribution is -2.05. The molecule has 0 radical (unpaired) electrons. The van der Waals surface area contributed by atoms with Crippen LogP contribution in [0.5, 0.6) is 6.01 Å². The Morgan fingerprint density at radius 3 is 2.75 bits per heavy atom. The fourth-order valence-electron chi connectivity index (χ4n) is 2.24.